The molecule has 1 aliphatic rings. The van der Waals surface area contributed by atoms with Gasteiger partial charge in [-0.2, -0.15) is 0 Å². The van der Waals surface area contributed by atoms with Crippen molar-refractivity contribution in [1.82, 2.24) is 0 Å². The van der Waals surface area contributed by atoms with E-state index in [2.05, 4.69) is 15.9 Å². The summed E-state index contributed by atoms with van der Waals surface area (Å²) in [5.41, 5.74) is 0.623. The molecule has 5 heteroatoms. The average Bonchev–Trinajstić information content (AvgIpc) is 2.41. The molecule has 0 spiro atoms. The molecule has 18 heavy (non-hydrogen) atoms. The van der Waals surface area contributed by atoms with Crippen molar-refractivity contribution in [3.8, 4) is 5.75 Å². The minimum absolute atomic E-state index is 0.130. The van der Waals surface area contributed by atoms with Gasteiger partial charge < -0.3 is 14.6 Å². The fourth-order valence-electron chi connectivity index (χ4n) is 2.24. The van der Waals surface area contributed by atoms with Crippen LogP contribution in [-0.2, 0) is 4.74 Å². The highest BCUT2D eigenvalue weighted by molar-refractivity contribution is 9.10. The third-order valence-corrected chi connectivity index (χ3v) is 3.91. The summed E-state index contributed by atoms with van der Waals surface area (Å²) in [7, 11) is 1.48. The van der Waals surface area contributed by atoms with Crippen LogP contribution in [0.1, 0.15) is 24.5 Å². The van der Waals surface area contributed by atoms with Crippen LogP contribution in [0, 0.1) is 11.7 Å². The molecule has 1 heterocycles. The molecule has 2 rings (SSSR count). The van der Waals surface area contributed by atoms with Crippen LogP contribution in [0.3, 0.4) is 0 Å². The lowest BCUT2D eigenvalue weighted by Gasteiger charge is -2.28. The molecule has 1 aromatic rings. The van der Waals surface area contributed by atoms with Gasteiger partial charge in [-0.1, -0.05) is 0 Å². The first-order valence-electron chi connectivity index (χ1n) is 5.92. The fourth-order valence-corrected chi connectivity index (χ4v) is 2.60. The first kappa shape index (κ1) is 13.8. The van der Waals surface area contributed by atoms with Crippen LogP contribution in [-0.4, -0.2) is 25.4 Å². The Hall–Kier alpha value is -0.650. The highest BCUT2D eigenvalue weighted by Gasteiger charge is 2.26. The molecule has 1 saturated heterocycles. The monoisotopic (exact) mass is 318 g/mol. The predicted octanol–water partition coefficient (Wildman–Crippen LogP) is 3.06. The number of rotatable bonds is 3. The molecular weight excluding hydrogens is 303 g/mol. The Balaban J connectivity index is 2.27. The van der Waals surface area contributed by atoms with Crippen molar-refractivity contribution in [2.75, 3.05) is 20.3 Å². The molecular formula is C13H16BrFO3. The standard InChI is InChI=1S/C13H16BrFO3/c1-17-12-7-11(15)10(14)6-9(12)13(16)8-2-4-18-5-3-8/h6-8,13,16H,2-5H2,1H3. The maximum Gasteiger partial charge on any atom is 0.141 e. The lowest BCUT2D eigenvalue weighted by atomic mass is 9.89. The molecule has 1 atom stereocenters. The Kier molecular flexibility index (Phi) is 4.59. The normalized spacial score (nSPS) is 18.7. The summed E-state index contributed by atoms with van der Waals surface area (Å²) in [6.45, 7) is 1.32. The first-order valence-corrected chi connectivity index (χ1v) is 6.71. The summed E-state index contributed by atoms with van der Waals surface area (Å²) in [6, 6.07) is 2.89. The van der Waals surface area contributed by atoms with Crippen LogP contribution in [0.2, 0.25) is 0 Å². The van der Waals surface area contributed by atoms with E-state index in [4.69, 9.17) is 9.47 Å². The van der Waals surface area contributed by atoms with Gasteiger partial charge in [0.2, 0.25) is 0 Å². The number of halogens is 2. The molecule has 0 amide bonds. The van der Waals surface area contributed by atoms with E-state index in [9.17, 15) is 9.50 Å². The second kappa shape index (κ2) is 5.99. The Morgan fingerprint density at radius 3 is 2.72 bits per heavy atom. The van der Waals surface area contributed by atoms with Gasteiger partial charge in [0.1, 0.15) is 11.6 Å². The van der Waals surface area contributed by atoms with Gasteiger partial charge in [-0.05, 0) is 40.8 Å². The Morgan fingerprint density at radius 1 is 1.44 bits per heavy atom. The van der Waals surface area contributed by atoms with Crippen molar-refractivity contribution in [3.05, 3.63) is 28.0 Å². The Bertz CT molecular complexity index is 419. The quantitative estimate of drug-likeness (QED) is 0.931. The predicted molar refractivity (Wildman–Crippen MR) is 69.2 cm³/mol. The molecule has 3 nitrogen and oxygen atoms in total. The molecule has 1 aliphatic heterocycles. The number of aliphatic hydroxyl groups is 1. The molecule has 1 unspecified atom stereocenters. The summed E-state index contributed by atoms with van der Waals surface area (Å²) < 4.78 is 24.2. The highest BCUT2D eigenvalue weighted by Crippen LogP contribution is 2.37. The van der Waals surface area contributed by atoms with Crippen molar-refractivity contribution >= 4 is 15.9 Å². The zero-order valence-corrected chi connectivity index (χ0v) is 11.7. The van der Waals surface area contributed by atoms with Crippen LogP contribution in [0.4, 0.5) is 4.39 Å². The molecule has 1 fully saturated rings. The van der Waals surface area contributed by atoms with E-state index in [1.54, 1.807) is 6.07 Å². The van der Waals surface area contributed by atoms with E-state index in [-0.39, 0.29) is 5.92 Å². The minimum Gasteiger partial charge on any atom is -0.496 e. The van der Waals surface area contributed by atoms with Crippen LogP contribution >= 0.6 is 15.9 Å². The summed E-state index contributed by atoms with van der Waals surface area (Å²) in [5, 5.41) is 10.4. The molecule has 1 N–H and O–H groups in total. The zero-order chi connectivity index (χ0) is 13.1. The summed E-state index contributed by atoms with van der Waals surface area (Å²) in [5.74, 6) is 0.120. The van der Waals surface area contributed by atoms with Crippen LogP contribution in [0.25, 0.3) is 0 Å². The van der Waals surface area contributed by atoms with Crippen molar-refractivity contribution < 1.29 is 19.0 Å². The Morgan fingerprint density at radius 2 is 2.11 bits per heavy atom. The van der Waals surface area contributed by atoms with Crippen LogP contribution < -0.4 is 4.74 Å². The molecule has 0 saturated carbocycles. The van der Waals surface area contributed by atoms with Gasteiger partial charge in [-0.15, -0.1) is 0 Å². The number of methoxy groups -OCH3 is 1. The van der Waals surface area contributed by atoms with E-state index in [1.807, 2.05) is 0 Å². The third kappa shape index (κ3) is 2.84. The largest absolute Gasteiger partial charge is 0.496 e. The molecule has 0 aromatic heterocycles. The van der Waals surface area contributed by atoms with Crippen LogP contribution in [0.5, 0.6) is 5.75 Å². The van der Waals surface area contributed by atoms with Gasteiger partial charge in [0.05, 0.1) is 17.7 Å². The first-order chi connectivity index (χ1) is 8.63. The van der Waals surface area contributed by atoms with E-state index < -0.39 is 11.9 Å². The van der Waals surface area contributed by atoms with E-state index in [0.717, 1.165) is 12.8 Å². The van der Waals surface area contributed by atoms with E-state index in [0.29, 0.717) is 29.0 Å². The fraction of sp³-hybridized carbons (Fsp3) is 0.538. The lowest BCUT2D eigenvalue weighted by molar-refractivity contribution is 0.00631. The van der Waals surface area contributed by atoms with Crippen molar-refractivity contribution in [1.29, 1.82) is 0 Å². The average molecular weight is 319 g/mol. The van der Waals surface area contributed by atoms with Crippen molar-refractivity contribution in [3.63, 3.8) is 0 Å². The van der Waals surface area contributed by atoms with Crippen molar-refractivity contribution in [2.45, 2.75) is 18.9 Å². The summed E-state index contributed by atoms with van der Waals surface area (Å²) in [6.07, 6.45) is 0.958. The number of benzene rings is 1. The Labute approximate surface area is 114 Å². The molecule has 0 radical (unpaired) electrons. The van der Waals surface area contributed by atoms with E-state index >= 15 is 0 Å². The van der Waals surface area contributed by atoms with Crippen LogP contribution in [0.15, 0.2) is 16.6 Å². The maximum absolute atomic E-state index is 13.4. The summed E-state index contributed by atoms with van der Waals surface area (Å²) >= 11 is 3.14. The number of hydrogen-bond donors (Lipinski definition) is 1. The van der Waals surface area contributed by atoms with Gasteiger partial charge in [0.25, 0.3) is 0 Å². The zero-order valence-electron chi connectivity index (χ0n) is 10.2. The second-order valence-corrected chi connectivity index (χ2v) is 5.26. The highest BCUT2D eigenvalue weighted by atomic mass is 79.9. The SMILES string of the molecule is COc1cc(F)c(Br)cc1C(O)C1CCOCC1. The van der Waals surface area contributed by atoms with E-state index in [1.165, 1.54) is 13.2 Å². The lowest BCUT2D eigenvalue weighted by Crippen LogP contribution is -2.22. The summed E-state index contributed by atoms with van der Waals surface area (Å²) in [4.78, 5) is 0. The number of ether oxygens (including phenoxy) is 2. The van der Waals surface area contributed by atoms with Gasteiger partial charge >= 0.3 is 0 Å². The smallest absolute Gasteiger partial charge is 0.141 e. The number of aliphatic hydroxyl groups excluding tert-OH is 1. The van der Waals surface area contributed by atoms with Gasteiger partial charge in [0, 0.05) is 24.8 Å². The second-order valence-electron chi connectivity index (χ2n) is 4.40. The van der Waals surface area contributed by atoms with Gasteiger partial charge in [0.15, 0.2) is 0 Å². The molecule has 0 bridgehead atoms. The maximum atomic E-state index is 13.4. The minimum atomic E-state index is -0.652. The van der Waals surface area contributed by atoms with Gasteiger partial charge in [-0.25, -0.2) is 4.39 Å². The van der Waals surface area contributed by atoms with Crippen molar-refractivity contribution in [2.24, 2.45) is 5.92 Å². The molecule has 1 aromatic carbocycles. The number of hydrogen-bond acceptors (Lipinski definition) is 3. The molecule has 0 aliphatic carbocycles. The topological polar surface area (TPSA) is 38.7 Å². The third-order valence-electron chi connectivity index (χ3n) is 3.30. The molecule has 100 valence electrons. The van der Waals surface area contributed by atoms with Gasteiger partial charge in [-0.3, -0.25) is 0 Å².